The quantitative estimate of drug-likeness (QED) is 0.764. The number of rotatable bonds is 4. The molecule has 1 aromatic carbocycles. The molecule has 0 unspecified atom stereocenters. The minimum atomic E-state index is -0.498. The second-order valence-electron chi connectivity index (χ2n) is 4.33. The number of hydrogen-bond acceptors (Lipinski definition) is 2. The Kier molecular flexibility index (Phi) is 3.62. The average Bonchev–Trinajstić information content (AvgIpc) is 2.71. The molecule has 18 heavy (non-hydrogen) atoms. The minimum Gasteiger partial charge on any atom is -0.361 e. The molecule has 2 aromatic rings. The molecule has 4 N–H and O–H groups in total. The first kappa shape index (κ1) is 12.6. The lowest BCUT2D eigenvalue weighted by Crippen LogP contribution is -2.39. The second-order valence-corrected chi connectivity index (χ2v) is 4.33. The lowest BCUT2D eigenvalue weighted by Gasteiger charge is -2.06. The van der Waals surface area contributed by atoms with Crippen LogP contribution in [0.4, 0.5) is 4.39 Å². The predicted octanol–water partition coefficient (Wildman–Crippen LogP) is 1.31. The molecule has 0 bridgehead atoms. The van der Waals surface area contributed by atoms with E-state index in [4.69, 9.17) is 5.73 Å². The number of nitrogens with two attached hydrogens (primary N) is 1. The Hall–Kier alpha value is -1.88. The standard InChI is InChI=1S/C13H16FN3O/c1-8(15)13(18)16-5-4-9-7-17-12-6-10(14)2-3-11(9)12/h2-3,6-8,17H,4-5,15H2,1H3,(H,16,18)/t8-/m1/s1. The number of carbonyl (C=O) groups is 1. The molecule has 0 radical (unpaired) electrons. The van der Waals surface area contributed by atoms with Crippen molar-refractivity contribution in [2.45, 2.75) is 19.4 Å². The first-order valence-corrected chi connectivity index (χ1v) is 5.86. The van der Waals surface area contributed by atoms with E-state index in [1.54, 1.807) is 13.0 Å². The van der Waals surface area contributed by atoms with Gasteiger partial charge in [0.05, 0.1) is 6.04 Å². The van der Waals surface area contributed by atoms with Gasteiger partial charge in [0.25, 0.3) is 0 Å². The van der Waals surface area contributed by atoms with Crippen LogP contribution in [0.3, 0.4) is 0 Å². The van der Waals surface area contributed by atoms with Gasteiger partial charge in [-0.05, 0) is 37.1 Å². The van der Waals surface area contributed by atoms with Crippen LogP contribution in [0.15, 0.2) is 24.4 Å². The minimum absolute atomic E-state index is 0.166. The summed E-state index contributed by atoms with van der Waals surface area (Å²) in [6.07, 6.45) is 2.52. The van der Waals surface area contributed by atoms with Crippen LogP contribution in [-0.4, -0.2) is 23.5 Å². The Labute approximate surface area is 104 Å². The molecular weight excluding hydrogens is 233 g/mol. The first-order valence-electron chi connectivity index (χ1n) is 5.86. The van der Waals surface area contributed by atoms with Crippen LogP contribution in [0.1, 0.15) is 12.5 Å². The summed E-state index contributed by atoms with van der Waals surface area (Å²) in [4.78, 5) is 14.3. The summed E-state index contributed by atoms with van der Waals surface area (Å²) >= 11 is 0. The lowest BCUT2D eigenvalue weighted by molar-refractivity contribution is -0.121. The van der Waals surface area contributed by atoms with E-state index in [1.807, 2.05) is 6.20 Å². The summed E-state index contributed by atoms with van der Waals surface area (Å²) in [6, 6.07) is 4.13. The van der Waals surface area contributed by atoms with E-state index < -0.39 is 6.04 Å². The number of H-pyrrole nitrogens is 1. The fourth-order valence-corrected chi connectivity index (χ4v) is 1.85. The van der Waals surface area contributed by atoms with Crippen molar-refractivity contribution in [3.8, 4) is 0 Å². The summed E-state index contributed by atoms with van der Waals surface area (Å²) in [7, 11) is 0. The molecule has 1 atom stereocenters. The molecule has 0 fully saturated rings. The summed E-state index contributed by atoms with van der Waals surface area (Å²) in [5, 5.41) is 3.72. The number of fused-ring (bicyclic) bond motifs is 1. The molecule has 0 aliphatic rings. The van der Waals surface area contributed by atoms with Gasteiger partial charge < -0.3 is 16.0 Å². The number of nitrogens with one attached hydrogen (secondary N) is 2. The molecule has 5 heteroatoms. The Morgan fingerprint density at radius 2 is 2.33 bits per heavy atom. The Bertz CT molecular complexity index is 562. The van der Waals surface area contributed by atoms with Crippen molar-refractivity contribution in [2.75, 3.05) is 6.54 Å². The molecule has 1 aromatic heterocycles. The van der Waals surface area contributed by atoms with E-state index >= 15 is 0 Å². The Morgan fingerprint density at radius 1 is 1.56 bits per heavy atom. The van der Waals surface area contributed by atoms with E-state index in [0.717, 1.165) is 16.5 Å². The monoisotopic (exact) mass is 249 g/mol. The third-order valence-corrected chi connectivity index (χ3v) is 2.84. The molecule has 2 rings (SSSR count). The van der Waals surface area contributed by atoms with Gasteiger partial charge in [0, 0.05) is 23.6 Å². The maximum Gasteiger partial charge on any atom is 0.236 e. The van der Waals surface area contributed by atoms with Gasteiger partial charge in [-0.2, -0.15) is 0 Å². The smallest absolute Gasteiger partial charge is 0.236 e. The molecule has 96 valence electrons. The predicted molar refractivity (Wildman–Crippen MR) is 68.6 cm³/mol. The van der Waals surface area contributed by atoms with Gasteiger partial charge in [0.15, 0.2) is 0 Å². The van der Waals surface area contributed by atoms with Gasteiger partial charge in [0.2, 0.25) is 5.91 Å². The van der Waals surface area contributed by atoms with Crippen LogP contribution in [0.25, 0.3) is 10.9 Å². The highest BCUT2D eigenvalue weighted by Gasteiger charge is 2.08. The van der Waals surface area contributed by atoms with Gasteiger partial charge in [-0.1, -0.05) is 0 Å². The van der Waals surface area contributed by atoms with Crippen molar-refractivity contribution in [1.29, 1.82) is 0 Å². The van der Waals surface area contributed by atoms with Crippen molar-refractivity contribution in [3.05, 3.63) is 35.8 Å². The summed E-state index contributed by atoms with van der Waals surface area (Å²) in [5.41, 5.74) is 7.26. The van der Waals surface area contributed by atoms with Gasteiger partial charge in [-0.25, -0.2) is 4.39 Å². The largest absolute Gasteiger partial charge is 0.361 e. The number of aromatic amines is 1. The highest BCUT2D eigenvalue weighted by molar-refractivity contribution is 5.83. The fourth-order valence-electron chi connectivity index (χ4n) is 1.85. The van der Waals surface area contributed by atoms with Crippen LogP contribution in [0, 0.1) is 5.82 Å². The number of benzene rings is 1. The number of hydrogen-bond donors (Lipinski definition) is 3. The number of amides is 1. The van der Waals surface area contributed by atoms with E-state index in [1.165, 1.54) is 12.1 Å². The Balaban J connectivity index is 2.02. The number of carbonyl (C=O) groups excluding carboxylic acids is 1. The lowest BCUT2D eigenvalue weighted by atomic mass is 10.1. The topological polar surface area (TPSA) is 70.9 Å². The first-order chi connectivity index (χ1) is 8.58. The van der Waals surface area contributed by atoms with Gasteiger partial charge in [-0.15, -0.1) is 0 Å². The van der Waals surface area contributed by atoms with Gasteiger partial charge >= 0.3 is 0 Å². The third kappa shape index (κ3) is 2.68. The molecule has 0 aliphatic heterocycles. The highest BCUT2D eigenvalue weighted by atomic mass is 19.1. The molecule has 1 heterocycles. The normalized spacial score (nSPS) is 12.6. The van der Waals surface area contributed by atoms with E-state index in [2.05, 4.69) is 10.3 Å². The van der Waals surface area contributed by atoms with Crippen molar-refractivity contribution in [2.24, 2.45) is 5.73 Å². The molecule has 0 aliphatic carbocycles. The average molecular weight is 249 g/mol. The van der Waals surface area contributed by atoms with Gasteiger partial charge in [-0.3, -0.25) is 4.79 Å². The van der Waals surface area contributed by atoms with Crippen LogP contribution in [0.5, 0.6) is 0 Å². The van der Waals surface area contributed by atoms with Crippen molar-refractivity contribution < 1.29 is 9.18 Å². The molecule has 0 spiro atoms. The maximum atomic E-state index is 13.0. The number of halogens is 1. The summed E-state index contributed by atoms with van der Waals surface area (Å²) in [5.74, 6) is -0.429. The maximum absolute atomic E-state index is 13.0. The molecule has 1 amide bonds. The summed E-state index contributed by atoms with van der Waals surface area (Å²) < 4.78 is 13.0. The SMILES string of the molecule is C[C@@H](N)C(=O)NCCc1c[nH]c2cc(F)ccc12. The van der Waals surface area contributed by atoms with E-state index in [-0.39, 0.29) is 11.7 Å². The molecule has 0 saturated heterocycles. The van der Waals surface area contributed by atoms with E-state index in [0.29, 0.717) is 13.0 Å². The van der Waals surface area contributed by atoms with Crippen molar-refractivity contribution >= 4 is 16.8 Å². The zero-order valence-electron chi connectivity index (χ0n) is 10.2. The van der Waals surface area contributed by atoms with Crippen LogP contribution in [-0.2, 0) is 11.2 Å². The second kappa shape index (κ2) is 5.18. The molecule has 0 saturated carbocycles. The Morgan fingerprint density at radius 3 is 3.06 bits per heavy atom. The third-order valence-electron chi connectivity index (χ3n) is 2.84. The zero-order valence-corrected chi connectivity index (χ0v) is 10.2. The van der Waals surface area contributed by atoms with Crippen molar-refractivity contribution in [3.63, 3.8) is 0 Å². The fraction of sp³-hybridized carbons (Fsp3) is 0.308. The van der Waals surface area contributed by atoms with Crippen molar-refractivity contribution in [1.82, 2.24) is 10.3 Å². The van der Waals surface area contributed by atoms with Crippen LogP contribution < -0.4 is 11.1 Å². The molecular formula is C13H16FN3O. The van der Waals surface area contributed by atoms with Crippen LogP contribution in [0.2, 0.25) is 0 Å². The van der Waals surface area contributed by atoms with Gasteiger partial charge in [0.1, 0.15) is 5.82 Å². The zero-order chi connectivity index (χ0) is 13.1. The highest BCUT2D eigenvalue weighted by Crippen LogP contribution is 2.19. The van der Waals surface area contributed by atoms with Crippen LogP contribution >= 0.6 is 0 Å². The number of aromatic nitrogens is 1. The summed E-state index contributed by atoms with van der Waals surface area (Å²) in [6.45, 7) is 2.16. The van der Waals surface area contributed by atoms with E-state index in [9.17, 15) is 9.18 Å². The molecule has 4 nitrogen and oxygen atoms in total.